The van der Waals surface area contributed by atoms with Gasteiger partial charge in [-0.3, -0.25) is 9.59 Å². The molecule has 8 nitrogen and oxygen atoms in total. The molecule has 10 heteroatoms. The largest absolute Gasteiger partial charge is 0.493 e. The molecule has 2 amide bonds. The molecule has 4 N–H and O–H groups in total. The van der Waals surface area contributed by atoms with Crippen molar-refractivity contribution in [2.45, 2.75) is 25.3 Å². The zero-order chi connectivity index (χ0) is 28.1. The molecule has 1 aliphatic rings. The van der Waals surface area contributed by atoms with Crippen LogP contribution in [-0.4, -0.2) is 43.5 Å². The van der Waals surface area contributed by atoms with Gasteiger partial charge >= 0.3 is 0 Å². The number of rotatable bonds is 10. The van der Waals surface area contributed by atoms with E-state index in [9.17, 15) is 14.0 Å². The number of hydrogen-bond acceptors (Lipinski definition) is 7. The van der Waals surface area contributed by atoms with Crippen molar-refractivity contribution in [3.05, 3.63) is 94.2 Å². The number of carbonyl (C=O) groups excluding carboxylic acids is 2. The predicted molar refractivity (Wildman–Crippen MR) is 150 cm³/mol. The third-order valence-corrected chi connectivity index (χ3v) is 7.51. The summed E-state index contributed by atoms with van der Waals surface area (Å²) in [5.74, 6) is 0.303. The topological polar surface area (TPSA) is 106 Å². The van der Waals surface area contributed by atoms with Gasteiger partial charge in [-0.15, -0.1) is 11.3 Å². The Kier molecular flexibility index (Phi) is 8.55. The average molecular weight is 551 g/mol. The number of nitrogens with two attached hydrogens (primary N) is 1. The van der Waals surface area contributed by atoms with Gasteiger partial charge in [-0.2, -0.15) is 4.39 Å². The predicted octanol–water partition coefficient (Wildman–Crippen LogP) is 4.27. The lowest BCUT2D eigenvalue weighted by molar-refractivity contribution is -0.134. The van der Waals surface area contributed by atoms with Gasteiger partial charge in [0.05, 0.1) is 30.7 Å². The van der Waals surface area contributed by atoms with Gasteiger partial charge in [-0.05, 0) is 43.2 Å². The first-order valence-electron chi connectivity index (χ1n) is 12.3. The van der Waals surface area contributed by atoms with Crippen LogP contribution in [-0.2, 0) is 9.59 Å². The molecular formula is C29H31FN4O4S. The van der Waals surface area contributed by atoms with E-state index >= 15 is 0 Å². The number of methoxy groups -OCH3 is 2. The molecule has 3 aromatic rings. The standard InChI is InChI=1S/C29H31FN4O4S/c1-17-14-21(20-10-11-22(37-3)23(15-20)38-4)29(36)34(17)16-26(35)33-28(27(31)19-8-6-5-7-9-19)32-18(2)24-12-13-25(30)39-24/h5-13,15,17,21,32H,2,14,16,31H2,1,3-4H3,(H,33,35)/b28-27+. The summed E-state index contributed by atoms with van der Waals surface area (Å²) in [6.45, 7) is 5.71. The number of nitrogens with zero attached hydrogens (tertiary/aromatic N) is 1. The second kappa shape index (κ2) is 12.0. The Hall–Kier alpha value is -4.31. The molecular weight excluding hydrogens is 519 g/mol. The normalized spacial score (nSPS) is 17.4. The summed E-state index contributed by atoms with van der Waals surface area (Å²) >= 11 is 0.919. The first kappa shape index (κ1) is 27.7. The highest BCUT2D eigenvalue weighted by Crippen LogP contribution is 2.37. The number of carbonyl (C=O) groups is 2. The summed E-state index contributed by atoms with van der Waals surface area (Å²) in [4.78, 5) is 28.7. The molecule has 0 aliphatic carbocycles. The fourth-order valence-electron chi connectivity index (χ4n) is 4.52. The van der Waals surface area contributed by atoms with Crippen LogP contribution in [0.4, 0.5) is 4.39 Å². The van der Waals surface area contributed by atoms with Gasteiger partial charge < -0.3 is 30.7 Å². The zero-order valence-electron chi connectivity index (χ0n) is 22.0. The molecule has 2 heterocycles. The maximum Gasteiger partial charge on any atom is 0.245 e. The number of hydrogen-bond donors (Lipinski definition) is 3. The van der Waals surface area contributed by atoms with Crippen LogP contribution in [0.3, 0.4) is 0 Å². The Morgan fingerprint density at radius 1 is 1.10 bits per heavy atom. The van der Waals surface area contributed by atoms with Gasteiger partial charge in [0.1, 0.15) is 12.4 Å². The lowest BCUT2D eigenvalue weighted by Gasteiger charge is -2.23. The molecule has 1 saturated heterocycles. The summed E-state index contributed by atoms with van der Waals surface area (Å²) in [6, 6.07) is 17.3. The molecule has 0 spiro atoms. The summed E-state index contributed by atoms with van der Waals surface area (Å²) in [5.41, 5.74) is 8.53. The smallest absolute Gasteiger partial charge is 0.245 e. The fourth-order valence-corrected chi connectivity index (χ4v) is 5.18. The van der Waals surface area contributed by atoms with Crippen molar-refractivity contribution in [1.29, 1.82) is 0 Å². The van der Waals surface area contributed by atoms with Crippen molar-refractivity contribution in [2.75, 3.05) is 20.8 Å². The van der Waals surface area contributed by atoms with Crippen molar-refractivity contribution in [3.8, 4) is 11.5 Å². The number of likely N-dealkylation sites (tertiary alicyclic amines) is 1. The van der Waals surface area contributed by atoms with Gasteiger partial charge in [0, 0.05) is 17.3 Å². The number of nitrogens with one attached hydrogen (secondary N) is 2. The minimum Gasteiger partial charge on any atom is -0.493 e. The van der Waals surface area contributed by atoms with E-state index in [4.69, 9.17) is 15.2 Å². The summed E-state index contributed by atoms with van der Waals surface area (Å²) in [6.07, 6.45) is 0.551. The van der Waals surface area contributed by atoms with E-state index in [0.29, 0.717) is 34.1 Å². The number of halogens is 1. The van der Waals surface area contributed by atoms with Gasteiger partial charge in [0.2, 0.25) is 11.8 Å². The van der Waals surface area contributed by atoms with Crippen LogP contribution in [0.15, 0.2) is 73.1 Å². The quantitative estimate of drug-likeness (QED) is 0.348. The molecule has 0 bridgehead atoms. The molecule has 0 saturated carbocycles. The molecule has 1 aliphatic heterocycles. The summed E-state index contributed by atoms with van der Waals surface area (Å²) in [7, 11) is 3.10. The van der Waals surface area contributed by atoms with E-state index in [-0.39, 0.29) is 35.1 Å². The first-order valence-corrected chi connectivity index (χ1v) is 13.1. The van der Waals surface area contributed by atoms with E-state index in [2.05, 4.69) is 17.2 Å². The van der Waals surface area contributed by atoms with Gasteiger partial charge in [0.25, 0.3) is 0 Å². The second-order valence-corrected chi connectivity index (χ2v) is 10.2. The summed E-state index contributed by atoms with van der Waals surface area (Å²) < 4.78 is 24.3. The van der Waals surface area contributed by atoms with E-state index < -0.39 is 11.8 Å². The molecule has 2 unspecified atom stereocenters. The maximum atomic E-state index is 13.6. The second-order valence-electron chi connectivity index (χ2n) is 9.13. The molecule has 204 valence electrons. The Morgan fingerprint density at radius 2 is 1.82 bits per heavy atom. The lowest BCUT2D eigenvalue weighted by Crippen LogP contribution is -2.43. The van der Waals surface area contributed by atoms with Crippen LogP contribution in [0.25, 0.3) is 11.4 Å². The molecule has 0 radical (unpaired) electrons. The van der Waals surface area contributed by atoms with Crippen LogP contribution in [0.2, 0.25) is 0 Å². The molecule has 4 rings (SSSR count). The maximum absolute atomic E-state index is 13.6. The van der Waals surface area contributed by atoms with Crippen LogP contribution in [0.5, 0.6) is 11.5 Å². The van der Waals surface area contributed by atoms with Gasteiger partial charge in [-0.25, -0.2) is 0 Å². The molecule has 2 atom stereocenters. The Labute approximate surface area is 230 Å². The van der Waals surface area contributed by atoms with Crippen LogP contribution in [0.1, 0.15) is 35.3 Å². The fraction of sp³-hybridized carbons (Fsp3) is 0.241. The highest BCUT2D eigenvalue weighted by atomic mass is 32.1. The minimum atomic E-state index is -0.435. The van der Waals surface area contributed by atoms with E-state index in [0.717, 1.165) is 16.9 Å². The van der Waals surface area contributed by atoms with E-state index in [1.54, 1.807) is 49.5 Å². The van der Waals surface area contributed by atoms with E-state index in [1.807, 2.05) is 31.2 Å². The van der Waals surface area contributed by atoms with Gasteiger partial charge in [0.15, 0.2) is 16.6 Å². The summed E-state index contributed by atoms with van der Waals surface area (Å²) in [5, 5.41) is 5.47. The average Bonchev–Trinajstić information content (AvgIpc) is 3.50. The molecule has 39 heavy (non-hydrogen) atoms. The number of ether oxygens (including phenoxy) is 2. The first-order chi connectivity index (χ1) is 18.7. The third-order valence-electron chi connectivity index (χ3n) is 6.58. The monoisotopic (exact) mass is 550 g/mol. The SMILES string of the molecule is C=C(N/C(NC(=O)CN1C(=O)C(c2ccc(OC)c(OC)c2)CC1C)=C(\N)c1ccccc1)c1ccc(F)s1. The molecule has 2 aromatic carbocycles. The van der Waals surface area contributed by atoms with E-state index in [1.165, 1.54) is 6.07 Å². The highest BCUT2D eigenvalue weighted by Gasteiger charge is 2.39. The lowest BCUT2D eigenvalue weighted by atomic mass is 9.95. The molecule has 1 fully saturated rings. The van der Waals surface area contributed by atoms with Crippen LogP contribution >= 0.6 is 11.3 Å². The Bertz CT molecular complexity index is 1410. The third kappa shape index (κ3) is 6.23. The van der Waals surface area contributed by atoms with Crippen LogP contribution < -0.4 is 25.8 Å². The van der Waals surface area contributed by atoms with Crippen molar-refractivity contribution < 1.29 is 23.5 Å². The number of benzene rings is 2. The van der Waals surface area contributed by atoms with Crippen molar-refractivity contribution in [1.82, 2.24) is 15.5 Å². The minimum absolute atomic E-state index is 0.155. The van der Waals surface area contributed by atoms with Gasteiger partial charge in [-0.1, -0.05) is 43.0 Å². The Morgan fingerprint density at radius 3 is 2.46 bits per heavy atom. The number of thiophene rings is 1. The van der Waals surface area contributed by atoms with Crippen molar-refractivity contribution in [3.63, 3.8) is 0 Å². The highest BCUT2D eigenvalue weighted by molar-refractivity contribution is 7.11. The number of amides is 2. The Balaban J connectivity index is 1.52. The zero-order valence-corrected chi connectivity index (χ0v) is 22.8. The van der Waals surface area contributed by atoms with Crippen LogP contribution in [0, 0.1) is 5.13 Å². The molecule has 1 aromatic heterocycles. The van der Waals surface area contributed by atoms with Crippen molar-refractivity contribution >= 4 is 34.5 Å². The van der Waals surface area contributed by atoms with Crippen molar-refractivity contribution in [2.24, 2.45) is 5.73 Å².